The van der Waals surface area contributed by atoms with E-state index in [9.17, 15) is 9.59 Å². The molecule has 2 N–H and O–H groups in total. The highest BCUT2D eigenvalue weighted by Crippen LogP contribution is 2.50. The molecule has 1 aliphatic heterocycles. The number of benzene rings is 3. The second-order valence-corrected chi connectivity index (χ2v) is 17.7. The molecule has 2 fully saturated rings. The number of hydrogen-bond acceptors (Lipinski definition) is 7. The lowest BCUT2D eigenvalue weighted by atomic mass is 9.98. The van der Waals surface area contributed by atoms with E-state index in [1.165, 1.54) is 20.2 Å². The molecule has 1 saturated heterocycles. The number of hydrogen-bond donors (Lipinski definition) is 2. The van der Waals surface area contributed by atoms with Gasteiger partial charge in [0.1, 0.15) is 22.9 Å². The number of nitrogens with one attached hydrogen (secondary N) is 2. The lowest BCUT2D eigenvalue weighted by Gasteiger charge is -2.35. The van der Waals surface area contributed by atoms with E-state index < -0.39 is 11.2 Å². The molecule has 2 bridgehead atoms. The maximum absolute atomic E-state index is 13.3. The van der Waals surface area contributed by atoms with E-state index in [0.29, 0.717) is 19.0 Å². The number of imidazole rings is 2. The number of thiophene rings is 1. The molecule has 0 unspecified atom stereocenters. The fraction of sp³-hybridized carbons (Fsp3) is 0.429. The fourth-order valence-electron chi connectivity index (χ4n) is 7.99. The zero-order valence-corrected chi connectivity index (χ0v) is 32.4. The Bertz CT molecular complexity index is 2340. The van der Waals surface area contributed by atoms with Gasteiger partial charge in [0.05, 0.1) is 35.5 Å². The van der Waals surface area contributed by atoms with Gasteiger partial charge >= 0.3 is 12.2 Å². The molecule has 0 spiro atoms. The highest BCUT2D eigenvalue weighted by molar-refractivity contribution is 7.25. The Morgan fingerprint density at radius 3 is 2.28 bits per heavy atom. The Morgan fingerprint density at radius 1 is 0.887 bits per heavy atom. The quantitative estimate of drug-likeness (QED) is 0.169. The molecule has 3 aromatic carbocycles. The van der Waals surface area contributed by atoms with E-state index in [1.807, 2.05) is 59.6 Å². The summed E-state index contributed by atoms with van der Waals surface area (Å²) in [6, 6.07) is 19.7. The predicted octanol–water partition coefficient (Wildman–Crippen LogP) is 10.6. The van der Waals surface area contributed by atoms with Crippen molar-refractivity contribution >= 4 is 54.7 Å². The van der Waals surface area contributed by atoms with Gasteiger partial charge in [0.15, 0.2) is 0 Å². The minimum absolute atomic E-state index is 0.0967. The Morgan fingerprint density at radius 2 is 1.57 bits per heavy atom. The minimum Gasteiger partial charge on any atom is -0.444 e. The normalized spacial score (nSPS) is 18.8. The molecule has 276 valence electrons. The average Bonchev–Trinajstić information content (AvgIpc) is 3.93. The first-order chi connectivity index (χ1) is 25.2. The molecule has 0 radical (unpaired) electrons. The summed E-state index contributed by atoms with van der Waals surface area (Å²) in [5, 5.41) is 2.44. The molecule has 1 aliphatic carbocycles. The van der Waals surface area contributed by atoms with Crippen LogP contribution in [0.5, 0.6) is 0 Å². The predicted molar refractivity (Wildman–Crippen MR) is 211 cm³/mol. The van der Waals surface area contributed by atoms with Crippen LogP contribution < -0.4 is 0 Å². The molecule has 8 rings (SSSR count). The smallest absolute Gasteiger partial charge is 0.411 e. The van der Waals surface area contributed by atoms with Crippen molar-refractivity contribution < 1.29 is 19.1 Å². The van der Waals surface area contributed by atoms with Gasteiger partial charge in [-0.3, -0.25) is 4.90 Å². The summed E-state index contributed by atoms with van der Waals surface area (Å²) < 4.78 is 13.9. The Labute approximate surface area is 313 Å². The van der Waals surface area contributed by atoms with Crippen LogP contribution in [-0.4, -0.2) is 65.7 Å². The number of ether oxygens (including phenoxy) is 2. The number of likely N-dealkylation sites (tertiary alicyclic amines) is 1. The average molecular weight is 733 g/mol. The molecule has 53 heavy (non-hydrogen) atoms. The van der Waals surface area contributed by atoms with Crippen molar-refractivity contribution in [3.63, 3.8) is 0 Å². The van der Waals surface area contributed by atoms with Crippen molar-refractivity contribution in [1.29, 1.82) is 0 Å². The van der Waals surface area contributed by atoms with Crippen LogP contribution in [0.15, 0.2) is 60.8 Å². The fourth-order valence-corrected chi connectivity index (χ4v) is 9.18. The van der Waals surface area contributed by atoms with Gasteiger partial charge in [-0.15, -0.1) is 11.3 Å². The van der Waals surface area contributed by atoms with Crippen molar-refractivity contribution in [3.8, 4) is 22.4 Å². The van der Waals surface area contributed by atoms with Crippen LogP contribution in [0, 0.1) is 5.92 Å². The number of H-pyrrole nitrogens is 2. The number of nitrogens with zero attached hydrogens (tertiary/aromatic N) is 4. The molecule has 2 aliphatic rings. The van der Waals surface area contributed by atoms with Gasteiger partial charge in [-0.1, -0.05) is 37.3 Å². The molecular weight excluding hydrogens is 685 g/mol. The molecule has 2 amide bonds. The van der Waals surface area contributed by atoms with Crippen LogP contribution in [0.2, 0.25) is 0 Å². The number of carbonyl (C=O) groups is 2. The zero-order chi connectivity index (χ0) is 37.2. The molecule has 4 heterocycles. The Hall–Kier alpha value is -4.90. The molecule has 3 atom stereocenters. The summed E-state index contributed by atoms with van der Waals surface area (Å²) >= 11 is 1.78. The number of piperidine rings is 1. The van der Waals surface area contributed by atoms with E-state index in [2.05, 4.69) is 69.5 Å². The van der Waals surface area contributed by atoms with Gasteiger partial charge in [-0.25, -0.2) is 19.6 Å². The van der Waals surface area contributed by atoms with Crippen LogP contribution in [0.1, 0.15) is 91.8 Å². The molecule has 6 aromatic rings. The Kier molecular flexibility index (Phi) is 8.75. The number of rotatable bonds is 7. The summed E-state index contributed by atoms with van der Waals surface area (Å²) in [6.45, 7) is 14.4. The van der Waals surface area contributed by atoms with E-state index in [1.54, 1.807) is 16.2 Å². The van der Waals surface area contributed by atoms with Gasteiger partial charge in [0.25, 0.3) is 0 Å². The van der Waals surface area contributed by atoms with Crippen molar-refractivity contribution in [2.24, 2.45) is 5.92 Å². The summed E-state index contributed by atoms with van der Waals surface area (Å²) in [5.41, 5.74) is 4.96. The van der Waals surface area contributed by atoms with Gasteiger partial charge in [0, 0.05) is 38.3 Å². The van der Waals surface area contributed by atoms with Gasteiger partial charge in [-0.05, 0) is 109 Å². The standard InChI is InChI=1S/C42H48N6O4S/c1-8-17-47(39(49)51-41(2,3)4)23-36-43-22-33(44-36)26-11-15-30-29-14-10-25(20-34(29)53-35(30)21-26)24-12-16-31-32(19-24)46-38(45-31)37-27-9-13-28(18-27)48(37)40(50)52-42(5,6)7/h10-12,14-16,19-22,27-28,37H,8-9,13,17-18,23H2,1-7H3,(H,43,44)(H,45,46)/t27-,28+,37-/m0/s1. The second kappa shape index (κ2) is 13.2. The number of aromatic nitrogens is 4. The Balaban J connectivity index is 1.03. The lowest BCUT2D eigenvalue weighted by molar-refractivity contribution is 0.00617. The molecule has 11 heteroatoms. The van der Waals surface area contributed by atoms with E-state index in [-0.39, 0.29) is 24.3 Å². The first-order valence-corrected chi connectivity index (χ1v) is 19.5. The van der Waals surface area contributed by atoms with Crippen LogP contribution >= 0.6 is 11.3 Å². The number of fused-ring (bicyclic) bond motifs is 6. The molecule has 1 saturated carbocycles. The third-order valence-electron chi connectivity index (χ3n) is 10.2. The van der Waals surface area contributed by atoms with Crippen LogP contribution in [0.4, 0.5) is 9.59 Å². The molecular formula is C42H48N6O4S. The van der Waals surface area contributed by atoms with E-state index >= 15 is 0 Å². The minimum atomic E-state index is -0.557. The maximum Gasteiger partial charge on any atom is 0.411 e. The lowest BCUT2D eigenvalue weighted by Crippen LogP contribution is -2.43. The second-order valence-electron chi connectivity index (χ2n) is 16.6. The summed E-state index contributed by atoms with van der Waals surface area (Å²) in [4.78, 5) is 46.4. The largest absolute Gasteiger partial charge is 0.444 e. The summed E-state index contributed by atoms with van der Waals surface area (Å²) in [6.07, 6.45) is 5.20. The third kappa shape index (κ3) is 6.99. The molecule has 10 nitrogen and oxygen atoms in total. The highest BCUT2D eigenvalue weighted by Gasteiger charge is 2.51. The number of amides is 2. The maximum atomic E-state index is 13.3. The monoisotopic (exact) mass is 732 g/mol. The van der Waals surface area contributed by atoms with Crippen LogP contribution in [-0.2, 0) is 16.0 Å². The van der Waals surface area contributed by atoms with Crippen LogP contribution in [0.3, 0.4) is 0 Å². The van der Waals surface area contributed by atoms with Gasteiger partial charge in [0.2, 0.25) is 0 Å². The third-order valence-corrected chi connectivity index (χ3v) is 11.3. The SMILES string of the molecule is CCCN(Cc1ncc(-c2ccc3c(c2)sc2cc(-c4ccc5nc([C@@H]6[C@H]7CC[C@H](C7)N6C(=O)OC(C)(C)C)[nH]c5c4)ccc23)[nH]1)C(=O)OC(C)(C)C. The number of aromatic amines is 2. The van der Waals surface area contributed by atoms with E-state index in [4.69, 9.17) is 14.5 Å². The van der Waals surface area contributed by atoms with Crippen LogP contribution in [0.25, 0.3) is 53.6 Å². The summed E-state index contributed by atoms with van der Waals surface area (Å²) in [5.74, 6) is 1.95. The molecule has 3 aromatic heterocycles. The number of carbonyl (C=O) groups excluding carboxylic acids is 2. The van der Waals surface area contributed by atoms with Crippen molar-refractivity contribution in [2.75, 3.05) is 6.54 Å². The van der Waals surface area contributed by atoms with Crippen molar-refractivity contribution in [1.82, 2.24) is 29.7 Å². The van der Waals surface area contributed by atoms with E-state index in [0.717, 1.165) is 70.7 Å². The van der Waals surface area contributed by atoms with Crippen molar-refractivity contribution in [2.45, 2.75) is 104 Å². The highest BCUT2D eigenvalue weighted by atomic mass is 32.1. The van der Waals surface area contributed by atoms with Crippen molar-refractivity contribution in [3.05, 3.63) is 72.4 Å². The first kappa shape index (κ1) is 35.1. The van der Waals surface area contributed by atoms with Gasteiger partial charge < -0.3 is 24.3 Å². The zero-order valence-electron chi connectivity index (χ0n) is 31.6. The summed E-state index contributed by atoms with van der Waals surface area (Å²) in [7, 11) is 0. The topological polar surface area (TPSA) is 116 Å². The van der Waals surface area contributed by atoms with Gasteiger partial charge in [-0.2, -0.15) is 0 Å². The first-order valence-electron chi connectivity index (χ1n) is 18.7.